The number of carbonyl (C=O) groups is 2. The number of urea groups is 1. The number of hydrogen-bond donors (Lipinski definition) is 2. The van der Waals surface area contributed by atoms with Gasteiger partial charge in [0.1, 0.15) is 6.04 Å². The van der Waals surface area contributed by atoms with E-state index in [0.29, 0.717) is 13.1 Å². The smallest absolute Gasteiger partial charge is 0.322 e. The standard InChI is InChI=1S/C21H25N3O2/c1-15(2)19-20(25)22-11-12-24(19)21(26)23-18-10-6-9-17(14-18)13-16-7-4-3-5-8-16/h3-10,14-15,19H,11-13H2,1-2H3,(H,22,25)(H,23,26)/t19-/m0/s1. The number of nitrogens with one attached hydrogen (secondary N) is 2. The molecule has 1 saturated heterocycles. The molecule has 0 unspecified atom stereocenters. The lowest BCUT2D eigenvalue weighted by Gasteiger charge is -2.37. The lowest BCUT2D eigenvalue weighted by molar-refractivity contribution is -0.129. The molecular formula is C21H25N3O2. The van der Waals surface area contributed by atoms with Crippen molar-refractivity contribution < 1.29 is 9.59 Å². The van der Waals surface area contributed by atoms with E-state index in [2.05, 4.69) is 22.8 Å². The van der Waals surface area contributed by atoms with Gasteiger partial charge < -0.3 is 15.5 Å². The van der Waals surface area contributed by atoms with E-state index >= 15 is 0 Å². The van der Waals surface area contributed by atoms with Crippen LogP contribution in [0.25, 0.3) is 0 Å². The highest BCUT2D eigenvalue weighted by molar-refractivity contribution is 5.94. The van der Waals surface area contributed by atoms with Crippen LogP contribution in [0.5, 0.6) is 0 Å². The van der Waals surface area contributed by atoms with Gasteiger partial charge in [-0.15, -0.1) is 0 Å². The fraction of sp³-hybridized carbons (Fsp3) is 0.333. The molecule has 26 heavy (non-hydrogen) atoms. The predicted molar refractivity (Wildman–Crippen MR) is 103 cm³/mol. The highest BCUT2D eigenvalue weighted by Gasteiger charge is 2.35. The summed E-state index contributed by atoms with van der Waals surface area (Å²) in [7, 11) is 0. The summed E-state index contributed by atoms with van der Waals surface area (Å²) < 4.78 is 0. The van der Waals surface area contributed by atoms with Gasteiger partial charge in [-0.3, -0.25) is 4.79 Å². The SMILES string of the molecule is CC(C)[C@H]1C(=O)NCCN1C(=O)Nc1cccc(Cc2ccccc2)c1. The van der Waals surface area contributed by atoms with E-state index in [9.17, 15) is 9.59 Å². The Morgan fingerprint density at radius 1 is 1.15 bits per heavy atom. The van der Waals surface area contributed by atoms with Crippen LogP contribution in [0.4, 0.5) is 10.5 Å². The quantitative estimate of drug-likeness (QED) is 0.888. The summed E-state index contributed by atoms with van der Waals surface area (Å²) in [6.45, 7) is 4.92. The van der Waals surface area contributed by atoms with Crippen molar-refractivity contribution in [3.05, 3.63) is 65.7 Å². The summed E-state index contributed by atoms with van der Waals surface area (Å²) in [4.78, 5) is 26.5. The second-order valence-electron chi connectivity index (χ2n) is 6.97. The molecule has 5 heteroatoms. The first-order chi connectivity index (χ1) is 12.5. The molecule has 0 bridgehead atoms. The first-order valence-electron chi connectivity index (χ1n) is 9.03. The van der Waals surface area contributed by atoms with E-state index in [-0.39, 0.29) is 17.9 Å². The number of carbonyl (C=O) groups excluding carboxylic acids is 2. The molecule has 0 saturated carbocycles. The number of amides is 3. The maximum Gasteiger partial charge on any atom is 0.322 e. The Morgan fingerprint density at radius 3 is 2.62 bits per heavy atom. The maximum atomic E-state index is 12.7. The average Bonchev–Trinajstić information content (AvgIpc) is 2.62. The third-order valence-corrected chi connectivity index (χ3v) is 4.58. The second-order valence-corrected chi connectivity index (χ2v) is 6.97. The Balaban J connectivity index is 1.71. The van der Waals surface area contributed by atoms with Crippen LogP contribution in [0.2, 0.25) is 0 Å². The van der Waals surface area contributed by atoms with Gasteiger partial charge in [0.15, 0.2) is 0 Å². The number of hydrogen-bond acceptors (Lipinski definition) is 2. The number of piperazine rings is 1. The highest BCUT2D eigenvalue weighted by Crippen LogP contribution is 2.18. The summed E-state index contributed by atoms with van der Waals surface area (Å²) in [5.74, 6) is -0.0234. The van der Waals surface area contributed by atoms with Crippen LogP contribution in [0, 0.1) is 5.92 Å². The molecule has 0 aromatic heterocycles. The molecule has 1 aliphatic heterocycles. The topological polar surface area (TPSA) is 61.4 Å². The Morgan fingerprint density at radius 2 is 1.88 bits per heavy atom. The molecule has 1 atom stereocenters. The van der Waals surface area contributed by atoms with E-state index in [0.717, 1.165) is 17.7 Å². The normalized spacial score (nSPS) is 17.1. The lowest BCUT2D eigenvalue weighted by Crippen LogP contribution is -2.60. The Kier molecular flexibility index (Phi) is 5.56. The number of anilines is 1. The Labute approximate surface area is 154 Å². The van der Waals surface area contributed by atoms with Crippen molar-refractivity contribution in [1.82, 2.24) is 10.2 Å². The van der Waals surface area contributed by atoms with Gasteiger partial charge in [0.2, 0.25) is 5.91 Å². The summed E-state index contributed by atoms with van der Waals surface area (Å²) in [5.41, 5.74) is 3.10. The highest BCUT2D eigenvalue weighted by atomic mass is 16.2. The van der Waals surface area contributed by atoms with Gasteiger partial charge in [-0.2, -0.15) is 0 Å². The number of rotatable bonds is 4. The molecule has 3 rings (SSSR count). The summed E-state index contributed by atoms with van der Waals surface area (Å²) in [6, 6.07) is 17.4. The molecule has 0 spiro atoms. The van der Waals surface area contributed by atoms with Crippen LogP contribution >= 0.6 is 0 Å². The number of nitrogens with zero attached hydrogens (tertiary/aromatic N) is 1. The van der Waals surface area contributed by atoms with E-state index in [1.165, 1.54) is 5.56 Å². The molecule has 2 aromatic rings. The molecule has 1 fully saturated rings. The molecule has 5 nitrogen and oxygen atoms in total. The average molecular weight is 351 g/mol. The Bertz CT molecular complexity index is 774. The first kappa shape index (κ1) is 18.0. The van der Waals surface area contributed by atoms with Crippen molar-refractivity contribution in [2.75, 3.05) is 18.4 Å². The summed E-state index contributed by atoms with van der Waals surface area (Å²) in [5, 5.41) is 5.79. The van der Waals surface area contributed by atoms with Gasteiger partial charge in [0.05, 0.1) is 0 Å². The zero-order valence-corrected chi connectivity index (χ0v) is 15.2. The van der Waals surface area contributed by atoms with Crippen LogP contribution in [-0.2, 0) is 11.2 Å². The predicted octanol–water partition coefficient (Wildman–Crippen LogP) is 3.27. The first-order valence-corrected chi connectivity index (χ1v) is 9.03. The lowest BCUT2D eigenvalue weighted by atomic mass is 10.00. The second kappa shape index (κ2) is 8.04. The largest absolute Gasteiger partial charge is 0.353 e. The van der Waals surface area contributed by atoms with E-state index in [1.807, 2.05) is 56.3 Å². The fourth-order valence-corrected chi connectivity index (χ4v) is 3.36. The van der Waals surface area contributed by atoms with Crippen molar-refractivity contribution >= 4 is 17.6 Å². The third kappa shape index (κ3) is 4.23. The van der Waals surface area contributed by atoms with Crippen molar-refractivity contribution in [2.24, 2.45) is 5.92 Å². The number of benzene rings is 2. The molecule has 3 amide bonds. The van der Waals surface area contributed by atoms with Crippen molar-refractivity contribution in [1.29, 1.82) is 0 Å². The van der Waals surface area contributed by atoms with Crippen molar-refractivity contribution in [3.8, 4) is 0 Å². The van der Waals surface area contributed by atoms with E-state index in [4.69, 9.17) is 0 Å². The summed E-state index contributed by atoms with van der Waals surface area (Å²) in [6.07, 6.45) is 0.811. The molecule has 1 heterocycles. The van der Waals surface area contributed by atoms with E-state index < -0.39 is 6.04 Å². The molecule has 0 radical (unpaired) electrons. The minimum absolute atomic E-state index is 0.0606. The summed E-state index contributed by atoms with van der Waals surface area (Å²) >= 11 is 0. The third-order valence-electron chi connectivity index (χ3n) is 4.58. The van der Waals surface area contributed by atoms with Crippen LogP contribution in [0.3, 0.4) is 0 Å². The van der Waals surface area contributed by atoms with Crippen molar-refractivity contribution in [3.63, 3.8) is 0 Å². The van der Waals surface area contributed by atoms with Crippen LogP contribution < -0.4 is 10.6 Å². The van der Waals surface area contributed by atoms with Gasteiger partial charge in [-0.25, -0.2) is 4.79 Å². The van der Waals surface area contributed by atoms with Gasteiger partial charge >= 0.3 is 6.03 Å². The van der Waals surface area contributed by atoms with Crippen LogP contribution in [0.1, 0.15) is 25.0 Å². The zero-order valence-electron chi connectivity index (χ0n) is 15.2. The molecule has 2 N–H and O–H groups in total. The van der Waals surface area contributed by atoms with Crippen molar-refractivity contribution in [2.45, 2.75) is 26.3 Å². The monoisotopic (exact) mass is 351 g/mol. The molecule has 2 aromatic carbocycles. The van der Waals surface area contributed by atoms with Gasteiger partial charge in [-0.1, -0.05) is 56.3 Å². The van der Waals surface area contributed by atoms with E-state index in [1.54, 1.807) is 4.90 Å². The van der Waals surface area contributed by atoms with Gasteiger partial charge in [0, 0.05) is 18.8 Å². The minimum Gasteiger partial charge on any atom is -0.353 e. The van der Waals surface area contributed by atoms with Gasteiger partial charge in [0.25, 0.3) is 0 Å². The maximum absolute atomic E-state index is 12.7. The van der Waals surface area contributed by atoms with Crippen LogP contribution in [0.15, 0.2) is 54.6 Å². The molecule has 1 aliphatic rings. The Hall–Kier alpha value is -2.82. The molecule has 0 aliphatic carbocycles. The minimum atomic E-state index is -0.434. The zero-order chi connectivity index (χ0) is 18.5. The van der Waals surface area contributed by atoms with Crippen LogP contribution in [-0.4, -0.2) is 36.0 Å². The molecule has 136 valence electrons. The fourth-order valence-electron chi connectivity index (χ4n) is 3.36. The molecular weight excluding hydrogens is 326 g/mol. The van der Waals surface area contributed by atoms with Gasteiger partial charge in [-0.05, 0) is 35.6 Å².